The van der Waals surface area contributed by atoms with E-state index < -0.39 is 0 Å². The molecule has 0 spiro atoms. The predicted molar refractivity (Wildman–Crippen MR) is 77.1 cm³/mol. The van der Waals surface area contributed by atoms with Gasteiger partial charge < -0.3 is 5.32 Å². The van der Waals surface area contributed by atoms with E-state index in [2.05, 4.69) is 52.1 Å². The van der Waals surface area contributed by atoms with Gasteiger partial charge in [-0.3, -0.25) is 0 Å². The fourth-order valence-electron chi connectivity index (χ4n) is 2.22. The largest absolute Gasteiger partial charge is 0.317 e. The molecule has 17 heavy (non-hydrogen) atoms. The van der Waals surface area contributed by atoms with E-state index in [0.717, 1.165) is 24.5 Å². The summed E-state index contributed by atoms with van der Waals surface area (Å²) < 4.78 is 0. The predicted octanol–water partition coefficient (Wildman–Crippen LogP) is 4.23. The molecule has 1 aromatic rings. The van der Waals surface area contributed by atoms with Gasteiger partial charge in [-0.05, 0) is 61.5 Å². The molecule has 0 amide bonds. The summed E-state index contributed by atoms with van der Waals surface area (Å²) in [5, 5.41) is 4.26. The minimum absolute atomic E-state index is 0.196. The molecule has 1 rings (SSSR count). The highest BCUT2D eigenvalue weighted by Crippen LogP contribution is 2.32. The van der Waals surface area contributed by atoms with Gasteiger partial charge in [0, 0.05) is 5.02 Å². The maximum Gasteiger partial charge on any atom is 0.0438 e. The van der Waals surface area contributed by atoms with Gasteiger partial charge in [-0.25, -0.2) is 0 Å². The van der Waals surface area contributed by atoms with Crippen molar-refractivity contribution in [2.75, 3.05) is 13.1 Å². The lowest BCUT2D eigenvalue weighted by Crippen LogP contribution is -2.26. The molecule has 1 N–H and O–H groups in total. The highest BCUT2D eigenvalue weighted by molar-refractivity contribution is 6.31. The average Bonchev–Trinajstić information content (AvgIpc) is 2.23. The van der Waals surface area contributed by atoms with Crippen molar-refractivity contribution < 1.29 is 0 Å². The van der Waals surface area contributed by atoms with Gasteiger partial charge in [-0.1, -0.05) is 38.4 Å². The highest BCUT2D eigenvalue weighted by atomic mass is 35.5. The number of hydrogen-bond donors (Lipinski definition) is 1. The first-order valence-corrected chi connectivity index (χ1v) is 6.74. The minimum Gasteiger partial charge on any atom is -0.317 e. The summed E-state index contributed by atoms with van der Waals surface area (Å²) in [6, 6.07) is 4.32. The number of rotatable bonds is 5. The smallest absolute Gasteiger partial charge is 0.0438 e. The molecule has 2 heteroatoms. The summed E-state index contributed by atoms with van der Waals surface area (Å²) in [5.41, 5.74) is 4.07. The Morgan fingerprint density at radius 2 is 1.82 bits per heavy atom. The lowest BCUT2D eigenvalue weighted by atomic mass is 9.78. The first kappa shape index (κ1) is 14.5. The number of halogens is 1. The van der Waals surface area contributed by atoms with E-state index in [1.54, 1.807) is 0 Å². The molecule has 0 atom stereocenters. The Morgan fingerprint density at radius 3 is 2.41 bits per heavy atom. The van der Waals surface area contributed by atoms with Crippen LogP contribution < -0.4 is 5.32 Å². The van der Waals surface area contributed by atoms with Crippen LogP contribution in [-0.4, -0.2) is 13.1 Å². The lowest BCUT2D eigenvalue weighted by molar-refractivity contribution is 0.459. The summed E-state index contributed by atoms with van der Waals surface area (Å²) >= 11 is 6.15. The van der Waals surface area contributed by atoms with Gasteiger partial charge in [0.1, 0.15) is 0 Å². The zero-order chi connectivity index (χ0) is 13.1. The van der Waals surface area contributed by atoms with Crippen LogP contribution in [0.3, 0.4) is 0 Å². The van der Waals surface area contributed by atoms with Gasteiger partial charge in [0.2, 0.25) is 0 Å². The summed E-state index contributed by atoms with van der Waals surface area (Å²) in [4.78, 5) is 0. The Bertz CT molecular complexity index is 383. The van der Waals surface area contributed by atoms with Crippen LogP contribution in [0.25, 0.3) is 0 Å². The Kier molecular flexibility index (Phi) is 5.03. The zero-order valence-corrected chi connectivity index (χ0v) is 12.4. The van der Waals surface area contributed by atoms with E-state index in [0.29, 0.717) is 0 Å². The summed E-state index contributed by atoms with van der Waals surface area (Å²) in [5.74, 6) is 0. The fourth-order valence-corrected chi connectivity index (χ4v) is 2.44. The Morgan fingerprint density at radius 1 is 1.18 bits per heavy atom. The topological polar surface area (TPSA) is 12.0 Å². The standard InChI is InChI=1S/C15H24ClN/c1-6-17-8-7-15(4,5)13-9-12(3)14(16)10-11(13)2/h9-10,17H,6-8H2,1-5H3. The minimum atomic E-state index is 0.196. The van der Waals surface area contributed by atoms with Gasteiger partial charge in [0.15, 0.2) is 0 Å². The molecule has 0 fully saturated rings. The third kappa shape index (κ3) is 3.72. The van der Waals surface area contributed by atoms with Gasteiger partial charge in [-0.15, -0.1) is 0 Å². The van der Waals surface area contributed by atoms with Crippen LogP contribution in [0.1, 0.15) is 43.9 Å². The van der Waals surface area contributed by atoms with Crippen molar-refractivity contribution in [3.63, 3.8) is 0 Å². The van der Waals surface area contributed by atoms with Crippen LogP contribution >= 0.6 is 11.6 Å². The first-order chi connectivity index (χ1) is 7.88. The molecule has 0 aliphatic heterocycles. The molecule has 0 bridgehead atoms. The molecule has 1 nitrogen and oxygen atoms in total. The zero-order valence-electron chi connectivity index (χ0n) is 11.7. The van der Waals surface area contributed by atoms with Crippen molar-refractivity contribution in [1.29, 1.82) is 0 Å². The van der Waals surface area contributed by atoms with E-state index in [9.17, 15) is 0 Å². The third-order valence-corrected chi connectivity index (χ3v) is 3.82. The molecular formula is C15H24ClN. The molecule has 0 aliphatic carbocycles. The SMILES string of the molecule is CCNCCC(C)(C)c1cc(C)c(Cl)cc1C. The number of aryl methyl sites for hydroxylation is 2. The first-order valence-electron chi connectivity index (χ1n) is 6.36. The Labute approximate surface area is 111 Å². The fraction of sp³-hybridized carbons (Fsp3) is 0.600. The van der Waals surface area contributed by atoms with Crippen LogP contribution in [0.5, 0.6) is 0 Å². The van der Waals surface area contributed by atoms with Gasteiger partial charge in [0.05, 0.1) is 0 Å². The van der Waals surface area contributed by atoms with E-state index in [-0.39, 0.29) is 5.41 Å². The van der Waals surface area contributed by atoms with E-state index in [1.807, 2.05) is 0 Å². The molecule has 0 radical (unpaired) electrons. The Balaban J connectivity index is 2.93. The van der Waals surface area contributed by atoms with E-state index >= 15 is 0 Å². The molecule has 0 aliphatic rings. The molecule has 0 aromatic heterocycles. The van der Waals surface area contributed by atoms with Gasteiger partial charge >= 0.3 is 0 Å². The van der Waals surface area contributed by atoms with Crippen molar-refractivity contribution in [3.8, 4) is 0 Å². The molecule has 1 aromatic carbocycles. The number of nitrogens with one attached hydrogen (secondary N) is 1. The van der Waals surface area contributed by atoms with Crippen molar-refractivity contribution in [1.82, 2.24) is 5.32 Å². The van der Waals surface area contributed by atoms with Gasteiger partial charge in [-0.2, -0.15) is 0 Å². The molecular weight excluding hydrogens is 230 g/mol. The molecule has 0 heterocycles. The van der Waals surface area contributed by atoms with Crippen molar-refractivity contribution in [3.05, 3.63) is 33.8 Å². The average molecular weight is 254 g/mol. The summed E-state index contributed by atoms with van der Waals surface area (Å²) in [7, 11) is 0. The number of benzene rings is 1. The lowest BCUT2D eigenvalue weighted by Gasteiger charge is -2.28. The molecule has 0 saturated heterocycles. The quantitative estimate of drug-likeness (QED) is 0.775. The van der Waals surface area contributed by atoms with Gasteiger partial charge in [0.25, 0.3) is 0 Å². The maximum atomic E-state index is 6.15. The monoisotopic (exact) mass is 253 g/mol. The molecule has 0 saturated carbocycles. The van der Waals surface area contributed by atoms with Crippen LogP contribution in [0.2, 0.25) is 5.02 Å². The molecule has 96 valence electrons. The Hall–Kier alpha value is -0.530. The maximum absolute atomic E-state index is 6.15. The van der Waals surface area contributed by atoms with Crippen molar-refractivity contribution in [2.24, 2.45) is 0 Å². The number of hydrogen-bond acceptors (Lipinski definition) is 1. The van der Waals surface area contributed by atoms with Crippen LogP contribution in [0.15, 0.2) is 12.1 Å². The summed E-state index contributed by atoms with van der Waals surface area (Å²) in [6.45, 7) is 13.1. The van der Waals surface area contributed by atoms with Crippen molar-refractivity contribution in [2.45, 2.75) is 46.5 Å². The normalized spacial score (nSPS) is 11.9. The van der Waals surface area contributed by atoms with Crippen LogP contribution in [0, 0.1) is 13.8 Å². The second kappa shape index (κ2) is 5.88. The van der Waals surface area contributed by atoms with Crippen LogP contribution in [-0.2, 0) is 5.41 Å². The van der Waals surface area contributed by atoms with Crippen molar-refractivity contribution >= 4 is 11.6 Å². The van der Waals surface area contributed by atoms with E-state index in [4.69, 9.17) is 11.6 Å². The molecule has 0 unspecified atom stereocenters. The summed E-state index contributed by atoms with van der Waals surface area (Å²) in [6.07, 6.45) is 1.14. The highest BCUT2D eigenvalue weighted by Gasteiger charge is 2.22. The van der Waals surface area contributed by atoms with E-state index in [1.165, 1.54) is 16.7 Å². The second-order valence-electron chi connectivity index (χ2n) is 5.40. The second-order valence-corrected chi connectivity index (χ2v) is 5.81. The van der Waals surface area contributed by atoms with Crippen LogP contribution in [0.4, 0.5) is 0 Å². The third-order valence-electron chi connectivity index (χ3n) is 3.41.